The molecule has 3 saturated carbocycles. The summed E-state index contributed by atoms with van der Waals surface area (Å²) in [6.45, 7) is 6.79. The quantitative estimate of drug-likeness (QED) is 0.136. The third-order valence-corrected chi connectivity index (χ3v) is 11.7. The van der Waals surface area contributed by atoms with Gasteiger partial charge in [0.2, 0.25) is 5.75 Å². The highest BCUT2D eigenvalue weighted by molar-refractivity contribution is 6.01. The predicted octanol–water partition coefficient (Wildman–Crippen LogP) is 5.70. The molecular weight excluding hydrogens is 586 g/mol. The molecule has 7 atom stereocenters. The van der Waals surface area contributed by atoms with Crippen molar-refractivity contribution in [3.63, 3.8) is 0 Å². The van der Waals surface area contributed by atoms with Gasteiger partial charge in [-0.2, -0.15) is 5.26 Å². The van der Waals surface area contributed by atoms with Crippen LogP contribution < -0.4 is 20.1 Å². The number of aromatic hydroxyl groups is 1. The standard InChI is InChI=1S/C36H47N3O7/c1-21(40)27-8-9-28-26-7-6-24-19-25(10-12-35(24,2)29(26)11-13-36(27,28)3)46-34(43)39-15-14-38-33(42)23(20-37)16-22-17-30(41)32(45-5)31(18-22)44-4/h6,16-18,25-29,41H,7-15,19H2,1-5H3,(H,38,42)(H,39,43)/b23-16+/t25-,26-,27+,28-,29-,35-,36+/m0/s1. The molecule has 4 aliphatic carbocycles. The second-order valence-corrected chi connectivity index (χ2v) is 13.9. The molecule has 0 bridgehead atoms. The van der Waals surface area contributed by atoms with Crippen LogP contribution in [0.2, 0.25) is 0 Å². The fraction of sp³-hybridized carbons (Fsp3) is 0.611. The van der Waals surface area contributed by atoms with E-state index in [1.165, 1.54) is 31.9 Å². The van der Waals surface area contributed by atoms with Gasteiger partial charge >= 0.3 is 6.09 Å². The summed E-state index contributed by atoms with van der Waals surface area (Å²) in [5.41, 5.74) is 1.87. The maximum Gasteiger partial charge on any atom is 0.407 e. The van der Waals surface area contributed by atoms with Crippen LogP contribution in [0, 0.1) is 45.8 Å². The van der Waals surface area contributed by atoms with Crippen molar-refractivity contribution in [1.29, 1.82) is 5.26 Å². The van der Waals surface area contributed by atoms with Crippen LogP contribution in [0.3, 0.4) is 0 Å². The van der Waals surface area contributed by atoms with Crippen molar-refractivity contribution in [2.75, 3.05) is 27.3 Å². The Morgan fingerprint density at radius 3 is 2.50 bits per heavy atom. The maximum atomic E-state index is 12.6. The Kier molecular flexibility index (Phi) is 9.71. The number of nitriles is 1. The zero-order valence-electron chi connectivity index (χ0n) is 27.6. The zero-order valence-corrected chi connectivity index (χ0v) is 27.6. The van der Waals surface area contributed by atoms with Gasteiger partial charge in [-0.1, -0.05) is 25.5 Å². The molecule has 0 unspecified atom stereocenters. The Morgan fingerprint density at radius 2 is 1.80 bits per heavy atom. The van der Waals surface area contributed by atoms with Crippen LogP contribution in [0.4, 0.5) is 4.79 Å². The van der Waals surface area contributed by atoms with E-state index in [4.69, 9.17) is 14.2 Å². The van der Waals surface area contributed by atoms with E-state index in [-0.39, 0.29) is 58.8 Å². The molecule has 0 radical (unpaired) electrons. The Labute approximate surface area is 271 Å². The van der Waals surface area contributed by atoms with Crippen LogP contribution >= 0.6 is 0 Å². The van der Waals surface area contributed by atoms with Crippen LogP contribution in [-0.2, 0) is 14.3 Å². The summed E-state index contributed by atoms with van der Waals surface area (Å²) in [7, 11) is 2.81. The normalized spacial score (nSPS) is 31.6. The van der Waals surface area contributed by atoms with E-state index < -0.39 is 12.0 Å². The minimum atomic E-state index is -0.613. The van der Waals surface area contributed by atoms with E-state index in [0.717, 1.165) is 51.4 Å². The lowest BCUT2D eigenvalue weighted by Crippen LogP contribution is -2.51. The number of hydrogen-bond acceptors (Lipinski definition) is 8. The summed E-state index contributed by atoms with van der Waals surface area (Å²) in [5, 5.41) is 25.0. The number of ether oxygens (including phenoxy) is 3. The number of phenolic OH excluding ortho intramolecular Hbond substituents is 1. The number of allylic oxidation sites excluding steroid dienone is 1. The summed E-state index contributed by atoms with van der Waals surface area (Å²) >= 11 is 0. The molecule has 5 rings (SSSR count). The van der Waals surface area contributed by atoms with Gasteiger partial charge in [-0.05, 0) is 104 Å². The van der Waals surface area contributed by atoms with Gasteiger partial charge in [-0.15, -0.1) is 0 Å². The van der Waals surface area contributed by atoms with Gasteiger partial charge in [0.15, 0.2) is 11.5 Å². The number of amides is 2. The molecule has 0 aromatic heterocycles. The summed E-state index contributed by atoms with van der Waals surface area (Å²) in [5.74, 6) is 2.01. The molecule has 1 aromatic carbocycles. The van der Waals surface area contributed by atoms with Crippen molar-refractivity contribution in [1.82, 2.24) is 10.6 Å². The van der Waals surface area contributed by atoms with E-state index in [9.17, 15) is 24.8 Å². The lowest BCUT2D eigenvalue weighted by molar-refractivity contribution is -0.127. The highest BCUT2D eigenvalue weighted by Crippen LogP contribution is 2.66. The van der Waals surface area contributed by atoms with Gasteiger partial charge in [0.25, 0.3) is 5.91 Å². The van der Waals surface area contributed by atoms with Crippen LogP contribution in [-0.4, -0.2) is 56.3 Å². The first-order valence-electron chi connectivity index (χ1n) is 16.4. The number of rotatable bonds is 9. The third kappa shape index (κ3) is 6.21. The van der Waals surface area contributed by atoms with Gasteiger partial charge in [0, 0.05) is 25.4 Å². The minimum absolute atomic E-state index is 0.103. The number of ketones is 1. The van der Waals surface area contributed by atoms with Crippen molar-refractivity contribution in [2.24, 2.45) is 34.5 Å². The SMILES string of the molecule is COc1cc(/C=C(\C#N)C(=O)NCCNC(=O)O[C@H]2CC[C@@]3(C)C(=CC[C@H]4[C@@H]5CC[C@H](C(C)=O)[C@@]5(C)CC[C@@H]43)C2)cc(O)c1OC. The number of nitrogens with one attached hydrogen (secondary N) is 2. The maximum absolute atomic E-state index is 12.6. The van der Waals surface area contributed by atoms with Gasteiger partial charge in [-0.25, -0.2) is 4.79 Å². The number of nitrogens with zero attached hydrogens (tertiary/aromatic N) is 1. The first-order valence-corrected chi connectivity index (χ1v) is 16.4. The first-order chi connectivity index (χ1) is 21.9. The van der Waals surface area contributed by atoms with Crippen molar-refractivity contribution in [3.8, 4) is 23.3 Å². The largest absolute Gasteiger partial charge is 0.504 e. The van der Waals surface area contributed by atoms with E-state index >= 15 is 0 Å². The fourth-order valence-corrected chi connectivity index (χ4v) is 9.39. The predicted molar refractivity (Wildman–Crippen MR) is 172 cm³/mol. The number of carbonyl (C=O) groups excluding carboxylic acids is 3. The molecule has 3 fully saturated rings. The van der Waals surface area contributed by atoms with E-state index in [1.54, 1.807) is 13.0 Å². The van der Waals surface area contributed by atoms with E-state index in [1.807, 2.05) is 6.07 Å². The number of phenols is 1. The second kappa shape index (κ2) is 13.4. The van der Waals surface area contributed by atoms with Crippen LogP contribution in [0.25, 0.3) is 6.08 Å². The number of carbonyl (C=O) groups is 3. The molecule has 0 spiro atoms. The van der Waals surface area contributed by atoms with Gasteiger partial charge in [-0.3, -0.25) is 9.59 Å². The molecule has 2 amide bonds. The lowest BCUT2D eigenvalue weighted by Gasteiger charge is -2.58. The molecule has 0 saturated heterocycles. The zero-order chi connectivity index (χ0) is 33.2. The second-order valence-electron chi connectivity index (χ2n) is 13.9. The average molecular weight is 634 g/mol. The van der Waals surface area contributed by atoms with Crippen LogP contribution in [0.1, 0.15) is 77.7 Å². The summed E-state index contributed by atoms with van der Waals surface area (Å²) < 4.78 is 16.1. The van der Waals surface area contributed by atoms with Crippen molar-refractivity contribution >= 4 is 23.9 Å². The molecule has 4 aliphatic rings. The number of Topliss-reactive ketones (excluding diaryl/α,β-unsaturated/α-hetero) is 1. The molecule has 10 nitrogen and oxygen atoms in total. The topological polar surface area (TPSA) is 147 Å². The minimum Gasteiger partial charge on any atom is -0.504 e. The Bertz CT molecular complexity index is 1480. The molecule has 1 aromatic rings. The van der Waals surface area contributed by atoms with E-state index in [0.29, 0.717) is 29.1 Å². The first kappa shape index (κ1) is 33.4. The molecule has 0 heterocycles. The van der Waals surface area contributed by atoms with Crippen LogP contribution in [0.5, 0.6) is 17.2 Å². The van der Waals surface area contributed by atoms with Crippen LogP contribution in [0.15, 0.2) is 29.4 Å². The molecule has 3 N–H and O–H groups in total. The van der Waals surface area contributed by atoms with E-state index in [2.05, 4.69) is 30.6 Å². The van der Waals surface area contributed by atoms with Crippen molar-refractivity contribution in [2.45, 2.75) is 78.2 Å². The van der Waals surface area contributed by atoms with Gasteiger partial charge < -0.3 is 30.0 Å². The summed E-state index contributed by atoms with van der Waals surface area (Å²) in [6.07, 6.45) is 11.1. The van der Waals surface area contributed by atoms with Gasteiger partial charge in [0.05, 0.1) is 14.2 Å². The number of fused-ring (bicyclic) bond motifs is 5. The fourth-order valence-electron chi connectivity index (χ4n) is 9.39. The Balaban J connectivity index is 1.10. The highest BCUT2D eigenvalue weighted by Gasteiger charge is 2.59. The summed E-state index contributed by atoms with van der Waals surface area (Å²) in [6, 6.07) is 4.77. The molecule has 10 heteroatoms. The number of alkyl carbamates (subject to hydrolysis) is 1. The lowest BCUT2D eigenvalue weighted by atomic mass is 9.47. The smallest absolute Gasteiger partial charge is 0.407 e. The van der Waals surface area contributed by atoms with Crippen molar-refractivity contribution in [3.05, 3.63) is 34.9 Å². The molecule has 46 heavy (non-hydrogen) atoms. The van der Waals surface area contributed by atoms with Gasteiger partial charge in [0.1, 0.15) is 23.5 Å². The third-order valence-electron chi connectivity index (χ3n) is 11.7. The van der Waals surface area contributed by atoms with Crippen molar-refractivity contribution < 1.29 is 33.7 Å². The number of benzene rings is 1. The number of hydrogen-bond donors (Lipinski definition) is 3. The Morgan fingerprint density at radius 1 is 1.04 bits per heavy atom. The number of methoxy groups -OCH3 is 2. The highest BCUT2D eigenvalue weighted by atomic mass is 16.6. The Hall–Kier alpha value is -4.00. The average Bonchev–Trinajstić information content (AvgIpc) is 3.39. The molecular formula is C36H47N3O7. The molecule has 248 valence electrons. The molecule has 0 aliphatic heterocycles. The summed E-state index contributed by atoms with van der Waals surface area (Å²) in [4.78, 5) is 37.7. The monoisotopic (exact) mass is 633 g/mol.